The number of aryl methyl sites for hydroxylation is 3. The quantitative estimate of drug-likeness (QED) is 0.858. The van der Waals surface area contributed by atoms with Crippen molar-refractivity contribution in [3.8, 4) is 0 Å². The third kappa shape index (κ3) is 2.65. The van der Waals surface area contributed by atoms with Crippen molar-refractivity contribution >= 4 is 11.6 Å². The first-order chi connectivity index (χ1) is 8.91. The lowest BCUT2D eigenvalue weighted by Gasteiger charge is -2.18. The fourth-order valence-corrected chi connectivity index (χ4v) is 2.56. The average molecular weight is 279 g/mol. The number of rotatable bonds is 2. The molecular formula is C16H16ClFO. The van der Waals surface area contributed by atoms with Gasteiger partial charge in [-0.1, -0.05) is 29.8 Å². The third-order valence-electron chi connectivity index (χ3n) is 3.39. The zero-order chi connectivity index (χ0) is 14.2. The molecule has 0 spiro atoms. The van der Waals surface area contributed by atoms with E-state index in [0.717, 1.165) is 16.7 Å². The summed E-state index contributed by atoms with van der Waals surface area (Å²) in [6.45, 7) is 5.54. The van der Waals surface area contributed by atoms with Gasteiger partial charge in [-0.3, -0.25) is 0 Å². The van der Waals surface area contributed by atoms with Crippen LogP contribution < -0.4 is 0 Å². The maximum atomic E-state index is 13.4. The number of aliphatic hydroxyl groups is 1. The van der Waals surface area contributed by atoms with Gasteiger partial charge in [0, 0.05) is 10.6 Å². The topological polar surface area (TPSA) is 20.2 Å². The van der Waals surface area contributed by atoms with Crippen molar-refractivity contribution < 1.29 is 9.50 Å². The summed E-state index contributed by atoms with van der Waals surface area (Å²) in [6.07, 6.45) is -0.840. The van der Waals surface area contributed by atoms with E-state index in [1.165, 1.54) is 6.07 Å². The van der Waals surface area contributed by atoms with Crippen molar-refractivity contribution in [2.75, 3.05) is 0 Å². The van der Waals surface area contributed by atoms with Crippen LogP contribution in [0.4, 0.5) is 4.39 Å². The fraction of sp³-hybridized carbons (Fsp3) is 0.250. The van der Waals surface area contributed by atoms with E-state index in [9.17, 15) is 9.50 Å². The summed E-state index contributed by atoms with van der Waals surface area (Å²) in [5, 5.41) is 10.8. The number of aliphatic hydroxyl groups excluding tert-OH is 1. The number of hydrogen-bond donors (Lipinski definition) is 1. The van der Waals surface area contributed by atoms with Gasteiger partial charge in [0.2, 0.25) is 0 Å². The molecule has 0 fully saturated rings. The Hall–Kier alpha value is -1.38. The number of benzene rings is 2. The van der Waals surface area contributed by atoms with E-state index in [4.69, 9.17) is 11.6 Å². The van der Waals surface area contributed by atoms with Crippen molar-refractivity contribution in [3.05, 3.63) is 69.0 Å². The van der Waals surface area contributed by atoms with Crippen molar-refractivity contribution in [1.82, 2.24) is 0 Å². The molecular weight excluding hydrogens is 263 g/mol. The van der Waals surface area contributed by atoms with Crippen LogP contribution in [0, 0.1) is 26.6 Å². The Bertz CT molecular complexity index is 602. The van der Waals surface area contributed by atoms with Crippen molar-refractivity contribution in [1.29, 1.82) is 0 Å². The lowest BCUT2D eigenvalue weighted by atomic mass is 9.93. The summed E-state index contributed by atoms with van der Waals surface area (Å²) in [4.78, 5) is 0. The predicted molar refractivity (Wildman–Crippen MR) is 76.1 cm³/mol. The van der Waals surface area contributed by atoms with Crippen molar-refractivity contribution in [2.45, 2.75) is 26.9 Å². The fourth-order valence-electron chi connectivity index (χ4n) is 2.30. The van der Waals surface area contributed by atoms with Crippen LogP contribution in [0.25, 0.3) is 0 Å². The summed E-state index contributed by atoms with van der Waals surface area (Å²) in [5.74, 6) is -0.359. The molecule has 0 aliphatic heterocycles. The third-order valence-corrected chi connectivity index (χ3v) is 3.72. The van der Waals surface area contributed by atoms with E-state index in [0.29, 0.717) is 11.1 Å². The van der Waals surface area contributed by atoms with Gasteiger partial charge in [0.1, 0.15) is 11.9 Å². The molecule has 2 aromatic rings. The monoisotopic (exact) mass is 278 g/mol. The van der Waals surface area contributed by atoms with Crippen LogP contribution in [0.2, 0.25) is 5.02 Å². The smallest absolute Gasteiger partial charge is 0.127 e. The molecule has 2 aromatic carbocycles. The Morgan fingerprint density at radius 1 is 1.05 bits per heavy atom. The summed E-state index contributed by atoms with van der Waals surface area (Å²) < 4.78 is 13.4. The number of halogens is 2. The Kier molecular flexibility index (Phi) is 3.93. The molecule has 0 aromatic heterocycles. The molecule has 0 saturated heterocycles. The first-order valence-corrected chi connectivity index (χ1v) is 6.49. The molecule has 0 radical (unpaired) electrons. The lowest BCUT2D eigenvalue weighted by Crippen LogP contribution is -2.06. The molecule has 0 amide bonds. The van der Waals surface area contributed by atoms with Crippen LogP contribution in [0.5, 0.6) is 0 Å². The lowest BCUT2D eigenvalue weighted by molar-refractivity contribution is 0.218. The molecule has 1 N–H and O–H groups in total. The molecule has 0 saturated carbocycles. The van der Waals surface area contributed by atoms with Crippen LogP contribution in [-0.2, 0) is 0 Å². The molecule has 0 bridgehead atoms. The maximum Gasteiger partial charge on any atom is 0.127 e. The largest absolute Gasteiger partial charge is 0.384 e. The van der Waals surface area contributed by atoms with Crippen LogP contribution in [0.3, 0.4) is 0 Å². The first-order valence-electron chi connectivity index (χ1n) is 6.11. The maximum absolute atomic E-state index is 13.4. The van der Waals surface area contributed by atoms with Crippen molar-refractivity contribution in [2.24, 2.45) is 0 Å². The van der Waals surface area contributed by atoms with Crippen LogP contribution in [0.15, 0.2) is 30.3 Å². The Morgan fingerprint density at radius 3 is 2.21 bits per heavy atom. The zero-order valence-corrected chi connectivity index (χ0v) is 11.9. The minimum atomic E-state index is -0.840. The molecule has 3 heteroatoms. The highest BCUT2D eigenvalue weighted by molar-refractivity contribution is 6.31. The van der Waals surface area contributed by atoms with Crippen LogP contribution in [-0.4, -0.2) is 5.11 Å². The first kappa shape index (κ1) is 14.0. The molecule has 19 heavy (non-hydrogen) atoms. The molecule has 0 aliphatic carbocycles. The molecule has 2 rings (SSSR count). The standard InChI is InChI=1S/C16H16ClFO/c1-9-5-4-6-10(2)15(9)16(19)12-7-11(3)14(18)8-13(12)17/h4-8,16,19H,1-3H3. The number of hydrogen-bond acceptors (Lipinski definition) is 1. The normalized spacial score (nSPS) is 12.5. The Balaban J connectivity index is 2.56. The zero-order valence-electron chi connectivity index (χ0n) is 11.2. The van der Waals surface area contributed by atoms with Gasteiger partial charge in [0.25, 0.3) is 0 Å². The summed E-state index contributed by atoms with van der Waals surface area (Å²) >= 11 is 6.05. The van der Waals surface area contributed by atoms with Crippen molar-refractivity contribution in [3.63, 3.8) is 0 Å². The summed E-state index contributed by atoms with van der Waals surface area (Å²) in [5.41, 5.74) is 3.83. The van der Waals surface area contributed by atoms with E-state index < -0.39 is 6.10 Å². The van der Waals surface area contributed by atoms with E-state index in [1.54, 1.807) is 13.0 Å². The molecule has 100 valence electrons. The van der Waals surface area contributed by atoms with Gasteiger partial charge >= 0.3 is 0 Å². The predicted octanol–water partition coefficient (Wildman–Crippen LogP) is 4.49. The van der Waals surface area contributed by atoms with Gasteiger partial charge in [-0.25, -0.2) is 4.39 Å². The second-order valence-corrected chi connectivity index (χ2v) is 5.24. The van der Waals surface area contributed by atoms with Gasteiger partial charge < -0.3 is 5.11 Å². The molecule has 0 aliphatic rings. The molecule has 1 unspecified atom stereocenters. The Labute approximate surface area is 117 Å². The van der Waals surface area contributed by atoms with Gasteiger partial charge in [0.15, 0.2) is 0 Å². The average Bonchev–Trinajstić information content (AvgIpc) is 2.33. The molecule has 1 nitrogen and oxygen atoms in total. The highest BCUT2D eigenvalue weighted by atomic mass is 35.5. The van der Waals surface area contributed by atoms with Gasteiger partial charge in [-0.05, 0) is 55.2 Å². The van der Waals surface area contributed by atoms with E-state index in [2.05, 4.69) is 0 Å². The highest BCUT2D eigenvalue weighted by Crippen LogP contribution is 2.33. The van der Waals surface area contributed by atoms with Crippen LogP contribution >= 0.6 is 11.6 Å². The SMILES string of the molecule is Cc1cc(C(O)c2c(C)cccc2C)c(Cl)cc1F. The van der Waals surface area contributed by atoms with Gasteiger partial charge in [0.05, 0.1) is 0 Å². The minimum absolute atomic E-state index is 0.248. The second-order valence-electron chi connectivity index (χ2n) is 4.83. The summed E-state index contributed by atoms with van der Waals surface area (Å²) in [7, 11) is 0. The highest BCUT2D eigenvalue weighted by Gasteiger charge is 2.19. The van der Waals surface area contributed by atoms with Gasteiger partial charge in [-0.15, -0.1) is 0 Å². The van der Waals surface area contributed by atoms with E-state index in [-0.39, 0.29) is 10.8 Å². The van der Waals surface area contributed by atoms with E-state index in [1.807, 2.05) is 32.0 Å². The molecule has 0 heterocycles. The Morgan fingerprint density at radius 2 is 1.63 bits per heavy atom. The van der Waals surface area contributed by atoms with Crippen LogP contribution in [0.1, 0.15) is 33.9 Å². The second kappa shape index (κ2) is 5.32. The summed E-state index contributed by atoms with van der Waals surface area (Å²) in [6, 6.07) is 8.68. The van der Waals surface area contributed by atoms with Gasteiger partial charge in [-0.2, -0.15) is 0 Å². The minimum Gasteiger partial charge on any atom is -0.384 e. The van der Waals surface area contributed by atoms with E-state index >= 15 is 0 Å². The molecule has 1 atom stereocenters.